The van der Waals surface area contributed by atoms with E-state index in [0.29, 0.717) is 11.5 Å². The van der Waals surface area contributed by atoms with Crippen molar-refractivity contribution in [3.63, 3.8) is 0 Å². The molecule has 3 heterocycles. The zero-order valence-corrected chi connectivity index (χ0v) is 18.2. The molecule has 160 valence electrons. The van der Waals surface area contributed by atoms with Crippen LogP contribution in [0.4, 0.5) is 0 Å². The van der Waals surface area contributed by atoms with Gasteiger partial charge in [-0.15, -0.1) is 23.1 Å². The minimum absolute atomic E-state index is 0.306. The number of ether oxygens (including phenoxy) is 4. The topological polar surface area (TPSA) is 101 Å². The van der Waals surface area contributed by atoms with Crippen molar-refractivity contribution in [1.82, 2.24) is 4.98 Å². The Labute approximate surface area is 181 Å². The van der Waals surface area contributed by atoms with Crippen LogP contribution in [0.25, 0.3) is 10.6 Å². The number of thiophene rings is 1. The number of hydrogen-bond acceptors (Lipinski definition) is 10. The van der Waals surface area contributed by atoms with Crippen molar-refractivity contribution in [3.05, 3.63) is 35.8 Å². The lowest BCUT2D eigenvalue weighted by Gasteiger charge is -2.39. The molecule has 0 N–H and O–H groups in total. The van der Waals surface area contributed by atoms with Crippen LogP contribution in [-0.2, 0) is 28.6 Å². The lowest BCUT2D eigenvalue weighted by molar-refractivity contribution is -0.186. The number of carbonyl (C=O) groups is 3. The van der Waals surface area contributed by atoms with Crippen molar-refractivity contribution in [2.24, 2.45) is 0 Å². The summed E-state index contributed by atoms with van der Waals surface area (Å²) in [5.41, 5.74) is 0.136. The summed E-state index contributed by atoms with van der Waals surface area (Å²) in [5, 5.41) is 1.97. The van der Waals surface area contributed by atoms with E-state index >= 15 is 0 Å². The van der Waals surface area contributed by atoms with Gasteiger partial charge in [0.1, 0.15) is 5.75 Å². The van der Waals surface area contributed by atoms with E-state index in [1.807, 2.05) is 23.6 Å². The monoisotopic (exact) mass is 451 g/mol. The van der Waals surface area contributed by atoms with E-state index in [4.69, 9.17) is 18.9 Å². The number of nitrogens with zero attached hydrogens (tertiary/aromatic N) is 1. The highest BCUT2D eigenvalue weighted by Gasteiger charge is 2.47. The van der Waals surface area contributed by atoms with Crippen LogP contribution in [0.5, 0.6) is 5.75 Å². The Morgan fingerprint density at radius 1 is 0.967 bits per heavy atom. The second kappa shape index (κ2) is 9.94. The molecule has 10 heteroatoms. The van der Waals surface area contributed by atoms with Crippen molar-refractivity contribution >= 4 is 41.0 Å². The van der Waals surface area contributed by atoms with Gasteiger partial charge in [0.15, 0.2) is 23.7 Å². The summed E-state index contributed by atoms with van der Waals surface area (Å²) in [6.07, 6.45) is -1.13. The van der Waals surface area contributed by atoms with Crippen LogP contribution in [0.15, 0.2) is 35.8 Å². The normalized spacial score (nSPS) is 23.3. The van der Waals surface area contributed by atoms with E-state index < -0.39 is 41.7 Å². The first-order chi connectivity index (χ1) is 14.3. The third-order valence-electron chi connectivity index (χ3n) is 4.07. The first-order valence-corrected chi connectivity index (χ1v) is 11.1. The molecule has 8 nitrogen and oxygen atoms in total. The Balaban J connectivity index is 1.80. The van der Waals surface area contributed by atoms with Gasteiger partial charge in [0.2, 0.25) is 0 Å². The van der Waals surface area contributed by atoms with Crippen LogP contribution in [-0.4, -0.2) is 52.4 Å². The fraction of sp³-hybridized carbons (Fsp3) is 0.400. The maximum atomic E-state index is 11.7. The van der Waals surface area contributed by atoms with Gasteiger partial charge in [0.25, 0.3) is 0 Å². The summed E-state index contributed by atoms with van der Waals surface area (Å²) in [5.74, 6) is -0.895. The molecule has 0 bridgehead atoms. The molecule has 1 aliphatic rings. The van der Waals surface area contributed by atoms with Gasteiger partial charge in [-0.2, -0.15) is 0 Å². The maximum absolute atomic E-state index is 11.7. The Morgan fingerprint density at radius 3 is 2.23 bits per heavy atom. The van der Waals surface area contributed by atoms with Gasteiger partial charge in [-0.3, -0.25) is 19.4 Å². The van der Waals surface area contributed by atoms with Crippen LogP contribution in [0.3, 0.4) is 0 Å². The minimum atomic E-state index is -0.986. The Hall–Kier alpha value is -2.59. The Kier molecular flexibility index (Phi) is 7.33. The fourth-order valence-electron chi connectivity index (χ4n) is 2.96. The number of hydrogen-bond donors (Lipinski definition) is 0. The van der Waals surface area contributed by atoms with E-state index in [1.165, 1.54) is 32.5 Å². The summed E-state index contributed by atoms with van der Waals surface area (Å²) >= 11 is 2.88. The molecular formula is C20H21NO7S2. The smallest absolute Gasteiger partial charge is 0.303 e. The van der Waals surface area contributed by atoms with Crippen molar-refractivity contribution < 1.29 is 33.3 Å². The van der Waals surface area contributed by atoms with Gasteiger partial charge >= 0.3 is 17.9 Å². The standard InChI is InChI=1S/C20H21NO7S2/c1-11(22)25-16-10-30-20(19(27-13(3)24)18(16)26-12(2)23)28-14-6-7-15(21-9-14)17-5-4-8-29-17/h4-9,16,18-20H,10H2,1-3H3/t16-,18+,19-,20-/m1/s1. The molecule has 0 amide bonds. The van der Waals surface area contributed by atoms with E-state index in [9.17, 15) is 14.4 Å². The molecular weight excluding hydrogens is 430 g/mol. The maximum Gasteiger partial charge on any atom is 0.303 e. The number of rotatable bonds is 6. The number of aromatic nitrogens is 1. The zero-order valence-electron chi connectivity index (χ0n) is 16.6. The molecule has 2 aromatic rings. The SMILES string of the molecule is CC(=O)O[C@@H]1[C@@H](OC(C)=O)[C@H](OC(C)=O)CS[C@H]1Oc1ccc(-c2cccs2)nc1. The summed E-state index contributed by atoms with van der Waals surface area (Å²) in [4.78, 5) is 40.2. The first-order valence-electron chi connectivity index (χ1n) is 9.13. The third-order valence-corrected chi connectivity index (χ3v) is 6.17. The molecule has 1 aliphatic heterocycles. The van der Waals surface area contributed by atoms with Crippen LogP contribution in [0, 0.1) is 0 Å². The van der Waals surface area contributed by atoms with Crippen LogP contribution < -0.4 is 4.74 Å². The molecule has 0 saturated carbocycles. The third kappa shape index (κ3) is 5.73. The van der Waals surface area contributed by atoms with Crippen LogP contribution in [0.1, 0.15) is 20.8 Å². The largest absolute Gasteiger partial charge is 0.474 e. The minimum Gasteiger partial charge on any atom is -0.474 e. The van der Waals surface area contributed by atoms with Gasteiger partial charge in [-0.05, 0) is 23.6 Å². The highest BCUT2D eigenvalue weighted by molar-refractivity contribution is 7.99. The Morgan fingerprint density at radius 2 is 1.67 bits per heavy atom. The highest BCUT2D eigenvalue weighted by Crippen LogP contribution is 2.34. The number of thioether (sulfide) groups is 1. The molecule has 3 rings (SSSR count). The molecule has 1 saturated heterocycles. The van der Waals surface area contributed by atoms with E-state index in [1.54, 1.807) is 23.6 Å². The predicted octanol–water partition coefficient (Wildman–Crippen LogP) is 3.06. The van der Waals surface area contributed by atoms with Gasteiger partial charge in [0, 0.05) is 26.5 Å². The summed E-state index contributed by atoms with van der Waals surface area (Å²) < 4.78 is 22.0. The average molecular weight is 452 g/mol. The second-order valence-electron chi connectivity index (χ2n) is 6.47. The van der Waals surface area contributed by atoms with Gasteiger partial charge in [-0.1, -0.05) is 6.07 Å². The highest BCUT2D eigenvalue weighted by atomic mass is 32.2. The van der Waals surface area contributed by atoms with Crippen molar-refractivity contribution in [2.45, 2.75) is 44.5 Å². The zero-order chi connectivity index (χ0) is 21.7. The average Bonchev–Trinajstić information content (AvgIpc) is 3.20. The molecule has 0 aromatic carbocycles. The first kappa shape index (κ1) is 22.1. The number of pyridine rings is 1. The molecule has 0 radical (unpaired) electrons. The lowest BCUT2D eigenvalue weighted by Crippen LogP contribution is -2.55. The summed E-state index contributed by atoms with van der Waals surface area (Å²) in [6.45, 7) is 3.75. The summed E-state index contributed by atoms with van der Waals surface area (Å²) in [6, 6.07) is 7.52. The molecule has 2 aromatic heterocycles. The second-order valence-corrected chi connectivity index (χ2v) is 8.55. The molecule has 30 heavy (non-hydrogen) atoms. The molecule has 0 aliphatic carbocycles. The molecule has 0 unspecified atom stereocenters. The van der Waals surface area contributed by atoms with Crippen molar-refractivity contribution in [3.8, 4) is 16.3 Å². The molecule has 0 spiro atoms. The van der Waals surface area contributed by atoms with Gasteiger partial charge in [0.05, 0.1) is 16.8 Å². The summed E-state index contributed by atoms with van der Waals surface area (Å²) in [7, 11) is 0. The van der Waals surface area contributed by atoms with E-state index in [-0.39, 0.29) is 0 Å². The quantitative estimate of drug-likeness (QED) is 0.484. The van der Waals surface area contributed by atoms with Crippen LogP contribution >= 0.6 is 23.1 Å². The van der Waals surface area contributed by atoms with Crippen LogP contribution in [0.2, 0.25) is 0 Å². The predicted molar refractivity (Wildman–Crippen MR) is 111 cm³/mol. The molecule has 4 atom stereocenters. The lowest BCUT2D eigenvalue weighted by atomic mass is 10.1. The number of carbonyl (C=O) groups excluding carboxylic acids is 3. The number of esters is 3. The van der Waals surface area contributed by atoms with Gasteiger partial charge in [-0.25, -0.2) is 0 Å². The molecule has 1 fully saturated rings. The fourth-order valence-corrected chi connectivity index (χ4v) is 4.88. The van der Waals surface area contributed by atoms with Crippen molar-refractivity contribution in [2.75, 3.05) is 5.75 Å². The van der Waals surface area contributed by atoms with Gasteiger partial charge < -0.3 is 18.9 Å². The van der Waals surface area contributed by atoms with E-state index in [2.05, 4.69) is 4.98 Å². The van der Waals surface area contributed by atoms with E-state index in [0.717, 1.165) is 10.6 Å². The van der Waals surface area contributed by atoms with Crippen molar-refractivity contribution in [1.29, 1.82) is 0 Å². The Bertz CT molecular complexity index is 885.